The molecule has 5 heteroatoms. The summed E-state index contributed by atoms with van der Waals surface area (Å²) >= 11 is 0. The van der Waals surface area contributed by atoms with E-state index in [0.717, 1.165) is 6.42 Å². The highest BCUT2D eigenvalue weighted by atomic mass is 16.6. The van der Waals surface area contributed by atoms with E-state index in [-0.39, 0.29) is 6.61 Å². The first kappa shape index (κ1) is 12.7. The summed E-state index contributed by atoms with van der Waals surface area (Å²) in [7, 11) is 0. The van der Waals surface area contributed by atoms with E-state index in [1.54, 1.807) is 13.8 Å². The van der Waals surface area contributed by atoms with Crippen LogP contribution in [0.15, 0.2) is 0 Å². The van der Waals surface area contributed by atoms with E-state index in [9.17, 15) is 9.59 Å². The maximum Gasteiger partial charge on any atom is 0.407 e. The summed E-state index contributed by atoms with van der Waals surface area (Å²) in [5.41, 5.74) is 0. The molecule has 82 valence electrons. The largest absolute Gasteiger partial charge is 0.464 e. The number of rotatable bonds is 5. The van der Waals surface area contributed by atoms with Crippen molar-refractivity contribution in [2.45, 2.75) is 33.2 Å². The average Bonchev–Trinajstić information content (AvgIpc) is 2.14. The van der Waals surface area contributed by atoms with E-state index in [1.165, 1.54) is 0 Å². The van der Waals surface area contributed by atoms with E-state index in [1.807, 2.05) is 6.92 Å². The number of esters is 1. The predicted molar refractivity (Wildman–Crippen MR) is 50.9 cm³/mol. The van der Waals surface area contributed by atoms with Gasteiger partial charge in [0, 0.05) is 0 Å². The average molecular weight is 203 g/mol. The fraction of sp³-hybridized carbons (Fsp3) is 0.778. The van der Waals surface area contributed by atoms with Crippen molar-refractivity contribution in [3.8, 4) is 0 Å². The van der Waals surface area contributed by atoms with Crippen molar-refractivity contribution in [1.29, 1.82) is 0 Å². The van der Waals surface area contributed by atoms with Gasteiger partial charge in [-0.3, -0.25) is 0 Å². The maximum absolute atomic E-state index is 11.1. The highest BCUT2D eigenvalue weighted by molar-refractivity contribution is 5.80. The van der Waals surface area contributed by atoms with Gasteiger partial charge in [0.25, 0.3) is 0 Å². The SMILES string of the molecule is CCCOC(=O)C(C)NC(=O)OCC. The van der Waals surface area contributed by atoms with Crippen LogP contribution in [0.5, 0.6) is 0 Å². The van der Waals surface area contributed by atoms with Crippen molar-refractivity contribution in [1.82, 2.24) is 5.32 Å². The van der Waals surface area contributed by atoms with Crippen molar-refractivity contribution in [2.75, 3.05) is 13.2 Å². The Morgan fingerprint density at radius 2 is 1.93 bits per heavy atom. The van der Waals surface area contributed by atoms with Crippen molar-refractivity contribution in [3.63, 3.8) is 0 Å². The zero-order valence-electron chi connectivity index (χ0n) is 8.83. The number of nitrogens with one attached hydrogen (secondary N) is 1. The van der Waals surface area contributed by atoms with E-state index < -0.39 is 18.1 Å². The maximum atomic E-state index is 11.1. The number of carbonyl (C=O) groups is 2. The first-order chi connectivity index (χ1) is 6.61. The molecule has 1 unspecified atom stereocenters. The Hall–Kier alpha value is -1.26. The third-order valence-corrected chi connectivity index (χ3v) is 1.41. The molecule has 0 aromatic rings. The lowest BCUT2D eigenvalue weighted by Crippen LogP contribution is -2.39. The summed E-state index contributed by atoms with van der Waals surface area (Å²) in [5.74, 6) is -0.445. The van der Waals surface area contributed by atoms with Crippen LogP contribution in [0.3, 0.4) is 0 Å². The second-order valence-corrected chi connectivity index (χ2v) is 2.75. The lowest BCUT2D eigenvalue weighted by Gasteiger charge is -2.12. The standard InChI is InChI=1S/C9H17NO4/c1-4-6-14-8(11)7(3)10-9(12)13-5-2/h7H,4-6H2,1-3H3,(H,10,12). The summed E-state index contributed by atoms with van der Waals surface area (Å²) in [6, 6.07) is -0.666. The lowest BCUT2D eigenvalue weighted by atomic mass is 10.3. The van der Waals surface area contributed by atoms with Crippen LogP contribution in [0.4, 0.5) is 4.79 Å². The number of carbonyl (C=O) groups excluding carboxylic acids is 2. The number of hydrogen-bond donors (Lipinski definition) is 1. The molecule has 5 nitrogen and oxygen atoms in total. The van der Waals surface area contributed by atoms with Crippen LogP contribution < -0.4 is 5.32 Å². The fourth-order valence-electron chi connectivity index (χ4n) is 0.736. The number of ether oxygens (including phenoxy) is 2. The Morgan fingerprint density at radius 1 is 1.29 bits per heavy atom. The Bertz CT molecular complexity index is 193. The minimum absolute atomic E-state index is 0.280. The molecule has 0 fully saturated rings. The van der Waals surface area contributed by atoms with Crippen LogP contribution in [-0.2, 0) is 14.3 Å². The molecule has 1 atom stereocenters. The molecule has 0 saturated carbocycles. The lowest BCUT2D eigenvalue weighted by molar-refractivity contribution is -0.145. The van der Waals surface area contributed by atoms with Gasteiger partial charge in [-0.2, -0.15) is 0 Å². The minimum Gasteiger partial charge on any atom is -0.464 e. The molecule has 0 aromatic heterocycles. The molecular weight excluding hydrogens is 186 g/mol. The van der Waals surface area contributed by atoms with Crippen LogP contribution in [0, 0.1) is 0 Å². The summed E-state index contributed by atoms with van der Waals surface area (Å²) in [4.78, 5) is 22.0. The monoisotopic (exact) mass is 203 g/mol. The van der Waals surface area contributed by atoms with Crippen LogP contribution in [0.1, 0.15) is 27.2 Å². The molecule has 0 heterocycles. The first-order valence-corrected chi connectivity index (χ1v) is 4.71. The van der Waals surface area contributed by atoms with Crippen molar-refractivity contribution >= 4 is 12.1 Å². The molecule has 0 aliphatic heterocycles. The van der Waals surface area contributed by atoms with Gasteiger partial charge in [0.15, 0.2) is 0 Å². The van der Waals surface area contributed by atoms with Crippen LogP contribution in [-0.4, -0.2) is 31.3 Å². The zero-order valence-corrected chi connectivity index (χ0v) is 8.83. The third kappa shape index (κ3) is 5.40. The van der Waals surface area contributed by atoms with Gasteiger partial charge in [0.2, 0.25) is 0 Å². The van der Waals surface area contributed by atoms with Gasteiger partial charge < -0.3 is 14.8 Å². The second kappa shape index (κ2) is 7.17. The van der Waals surface area contributed by atoms with E-state index in [2.05, 4.69) is 10.1 Å². The molecule has 0 saturated heterocycles. The molecule has 0 aliphatic rings. The predicted octanol–water partition coefficient (Wildman–Crippen LogP) is 1.07. The quantitative estimate of drug-likeness (QED) is 0.679. The van der Waals surface area contributed by atoms with Crippen LogP contribution in [0.2, 0.25) is 0 Å². The van der Waals surface area contributed by atoms with Crippen molar-refractivity contribution in [3.05, 3.63) is 0 Å². The van der Waals surface area contributed by atoms with Gasteiger partial charge in [-0.05, 0) is 20.3 Å². The van der Waals surface area contributed by atoms with E-state index in [4.69, 9.17) is 4.74 Å². The van der Waals surface area contributed by atoms with Gasteiger partial charge in [-0.25, -0.2) is 9.59 Å². The number of amides is 1. The second-order valence-electron chi connectivity index (χ2n) is 2.75. The Labute approximate surface area is 83.8 Å². The van der Waals surface area contributed by atoms with Gasteiger partial charge in [0.05, 0.1) is 13.2 Å². The van der Waals surface area contributed by atoms with Gasteiger partial charge in [-0.1, -0.05) is 6.92 Å². The molecule has 0 aliphatic carbocycles. The summed E-state index contributed by atoms with van der Waals surface area (Å²) < 4.78 is 9.43. The Balaban J connectivity index is 3.76. The minimum atomic E-state index is -0.666. The van der Waals surface area contributed by atoms with E-state index >= 15 is 0 Å². The first-order valence-electron chi connectivity index (χ1n) is 4.71. The van der Waals surface area contributed by atoms with Gasteiger partial charge in [-0.15, -0.1) is 0 Å². The van der Waals surface area contributed by atoms with Gasteiger partial charge >= 0.3 is 12.1 Å². The molecule has 14 heavy (non-hydrogen) atoms. The molecule has 0 bridgehead atoms. The molecule has 0 spiro atoms. The van der Waals surface area contributed by atoms with Crippen molar-refractivity contribution in [2.24, 2.45) is 0 Å². The molecule has 0 rings (SSSR count). The summed E-state index contributed by atoms with van der Waals surface area (Å²) in [5, 5.41) is 2.35. The molecule has 1 amide bonds. The normalized spacial score (nSPS) is 11.6. The molecule has 1 N–H and O–H groups in total. The fourth-order valence-corrected chi connectivity index (χ4v) is 0.736. The summed E-state index contributed by atoms with van der Waals surface area (Å²) in [6.07, 6.45) is 0.158. The zero-order chi connectivity index (χ0) is 11.0. The van der Waals surface area contributed by atoms with E-state index in [0.29, 0.717) is 6.61 Å². The molecule has 0 aromatic carbocycles. The van der Waals surface area contributed by atoms with Crippen LogP contribution in [0.25, 0.3) is 0 Å². The van der Waals surface area contributed by atoms with Crippen LogP contribution >= 0.6 is 0 Å². The van der Waals surface area contributed by atoms with Crippen molar-refractivity contribution < 1.29 is 19.1 Å². The number of alkyl carbamates (subject to hydrolysis) is 1. The summed E-state index contributed by atoms with van der Waals surface area (Å²) in [6.45, 7) is 5.79. The molecule has 0 radical (unpaired) electrons. The van der Waals surface area contributed by atoms with Gasteiger partial charge in [0.1, 0.15) is 6.04 Å². The topological polar surface area (TPSA) is 64.6 Å². The number of hydrogen-bond acceptors (Lipinski definition) is 4. The highest BCUT2D eigenvalue weighted by Crippen LogP contribution is 1.91. The third-order valence-electron chi connectivity index (χ3n) is 1.41. The Kier molecular flexibility index (Phi) is 6.53. The Morgan fingerprint density at radius 3 is 2.43 bits per heavy atom. The molecular formula is C9H17NO4. The highest BCUT2D eigenvalue weighted by Gasteiger charge is 2.16. The smallest absolute Gasteiger partial charge is 0.407 e.